The quantitative estimate of drug-likeness (QED) is 0.888. The van der Waals surface area contributed by atoms with Gasteiger partial charge >= 0.3 is 0 Å². The second-order valence-corrected chi connectivity index (χ2v) is 5.44. The Balaban J connectivity index is 1.88. The zero-order valence-corrected chi connectivity index (χ0v) is 11.2. The number of hydrogen-bond donors (Lipinski definition) is 1. The fourth-order valence-electron chi connectivity index (χ4n) is 2.36. The van der Waals surface area contributed by atoms with E-state index in [1.54, 1.807) is 7.11 Å². The smallest absolute Gasteiger partial charge is 0.220 e. The molecular formula is C15H21NO2. The van der Waals surface area contributed by atoms with Crippen LogP contribution in [0.15, 0.2) is 24.3 Å². The number of carbonyl (C=O) groups is 1. The number of piperidine rings is 1. The summed E-state index contributed by atoms with van der Waals surface area (Å²) in [5.41, 5.74) is 1.57. The highest BCUT2D eigenvalue weighted by atomic mass is 16.5. The molecule has 1 N–H and O–H groups in total. The van der Waals surface area contributed by atoms with Crippen molar-refractivity contribution < 1.29 is 9.53 Å². The minimum absolute atomic E-state index is 0.192. The van der Waals surface area contributed by atoms with Gasteiger partial charge in [-0.05, 0) is 42.4 Å². The molecule has 1 heterocycles. The van der Waals surface area contributed by atoms with Crippen LogP contribution in [0.5, 0.6) is 5.75 Å². The van der Waals surface area contributed by atoms with E-state index in [9.17, 15) is 4.79 Å². The molecule has 2 rings (SSSR count). The first-order chi connectivity index (χ1) is 8.61. The van der Waals surface area contributed by atoms with Crippen LogP contribution in [0.25, 0.3) is 0 Å². The summed E-state index contributed by atoms with van der Waals surface area (Å²) in [6.45, 7) is 3.07. The molecule has 1 amide bonds. The van der Waals surface area contributed by atoms with E-state index in [-0.39, 0.29) is 11.3 Å². The Labute approximate surface area is 109 Å². The summed E-state index contributed by atoms with van der Waals surface area (Å²) in [7, 11) is 1.68. The van der Waals surface area contributed by atoms with Crippen molar-refractivity contribution in [1.29, 1.82) is 0 Å². The molecule has 0 radical (unpaired) electrons. The summed E-state index contributed by atoms with van der Waals surface area (Å²) >= 11 is 0. The summed E-state index contributed by atoms with van der Waals surface area (Å²) in [5, 5.41) is 2.97. The molecule has 1 fully saturated rings. The zero-order valence-electron chi connectivity index (χ0n) is 11.2. The summed E-state index contributed by atoms with van der Waals surface area (Å²) in [4.78, 5) is 11.2. The molecule has 0 saturated carbocycles. The van der Waals surface area contributed by atoms with Crippen LogP contribution >= 0.6 is 0 Å². The molecule has 1 aromatic carbocycles. The van der Waals surface area contributed by atoms with E-state index < -0.39 is 0 Å². The topological polar surface area (TPSA) is 38.3 Å². The van der Waals surface area contributed by atoms with Crippen molar-refractivity contribution in [1.82, 2.24) is 5.32 Å². The van der Waals surface area contributed by atoms with Gasteiger partial charge in [0.1, 0.15) is 5.75 Å². The van der Waals surface area contributed by atoms with Gasteiger partial charge in [-0.2, -0.15) is 0 Å². The average Bonchev–Trinajstić information content (AvgIpc) is 2.41. The van der Waals surface area contributed by atoms with Gasteiger partial charge in [0.05, 0.1) is 7.11 Å². The van der Waals surface area contributed by atoms with Crippen LogP contribution in [0.4, 0.5) is 0 Å². The standard InChI is InChI=1S/C15H21NO2/c1-15(10-8-14(17)16-11-15)9-7-12-3-5-13(18-2)6-4-12/h3-6H,7-11H2,1-2H3,(H,16,17). The molecule has 0 aliphatic carbocycles. The maximum Gasteiger partial charge on any atom is 0.220 e. The number of rotatable bonds is 4. The van der Waals surface area contributed by atoms with Gasteiger partial charge < -0.3 is 10.1 Å². The molecule has 0 spiro atoms. The zero-order chi connectivity index (χ0) is 13.0. The van der Waals surface area contributed by atoms with Gasteiger partial charge in [-0.3, -0.25) is 4.79 Å². The second kappa shape index (κ2) is 5.42. The maximum absolute atomic E-state index is 11.2. The van der Waals surface area contributed by atoms with Crippen molar-refractivity contribution in [2.75, 3.05) is 13.7 Å². The first-order valence-electron chi connectivity index (χ1n) is 6.51. The van der Waals surface area contributed by atoms with Crippen molar-refractivity contribution in [3.63, 3.8) is 0 Å². The number of ether oxygens (including phenoxy) is 1. The predicted molar refractivity (Wildman–Crippen MR) is 71.7 cm³/mol. The normalized spacial score (nSPS) is 23.6. The third-order valence-corrected chi connectivity index (χ3v) is 3.84. The average molecular weight is 247 g/mol. The number of methoxy groups -OCH3 is 1. The monoisotopic (exact) mass is 247 g/mol. The third-order valence-electron chi connectivity index (χ3n) is 3.84. The van der Waals surface area contributed by atoms with Gasteiger partial charge in [-0.15, -0.1) is 0 Å². The fraction of sp³-hybridized carbons (Fsp3) is 0.533. The third kappa shape index (κ3) is 3.25. The Morgan fingerprint density at radius 2 is 2.06 bits per heavy atom. The SMILES string of the molecule is COc1ccc(CCC2(C)CCC(=O)NC2)cc1. The van der Waals surface area contributed by atoms with Crippen molar-refractivity contribution in [2.24, 2.45) is 5.41 Å². The molecule has 0 bridgehead atoms. The second-order valence-electron chi connectivity index (χ2n) is 5.44. The van der Waals surface area contributed by atoms with E-state index in [1.165, 1.54) is 5.56 Å². The predicted octanol–water partition coefficient (Wildman–Crippen LogP) is 2.54. The molecule has 1 saturated heterocycles. The van der Waals surface area contributed by atoms with Crippen LogP contribution in [0.1, 0.15) is 31.7 Å². The van der Waals surface area contributed by atoms with Gasteiger partial charge in [0.2, 0.25) is 5.91 Å². The molecule has 0 aromatic heterocycles. The van der Waals surface area contributed by atoms with Gasteiger partial charge in [0, 0.05) is 13.0 Å². The van der Waals surface area contributed by atoms with E-state index in [0.717, 1.165) is 31.6 Å². The van der Waals surface area contributed by atoms with E-state index in [0.29, 0.717) is 6.42 Å². The van der Waals surface area contributed by atoms with Crippen molar-refractivity contribution in [3.05, 3.63) is 29.8 Å². The Kier molecular flexibility index (Phi) is 3.90. The van der Waals surface area contributed by atoms with Crippen LogP contribution < -0.4 is 10.1 Å². The molecule has 1 unspecified atom stereocenters. The van der Waals surface area contributed by atoms with Crippen LogP contribution in [-0.2, 0) is 11.2 Å². The lowest BCUT2D eigenvalue weighted by Crippen LogP contribution is -2.41. The first kappa shape index (κ1) is 12.9. The minimum Gasteiger partial charge on any atom is -0.497 e. The van der Waals surface area contributed by atoms with Gasteiger partial charge in [-0.25, -0.2) is 0 Å². The Morgan fingerprint density at radius 3 is 2.61 bits per heavy atom. The van der Waals surface area contributed by atoms with Gasteiger partial charge in [0.15, 0.2) is 0 Å². The van der Waals surface area contributed by atoms with Crippen LogP contribution in [-0.4, -0.2) is 19.6 Å². The van der Waals surface area contributed by atoms with E-state index >= 15 is 0 Å². The highest BCUT2D eigenvalue weighted by Crippen LogP contribution is 2.31. The summed E-state index contributed by atoms with van der Waals surface area (Å²) in [6, 6.07) is 8.23. The van der Waals surface area contributed by atoms with E-state index in [2.05, 4.69) is 24.4 Å². The van der Waals surface area contributed by atoms with Gasteiger partial charge in [0.25, 0.3) is 0 Å². The number of benzene rings is 1. The first-order valence-corrected chi connectivity index (χ1v) is 6.51. The Bertz CT molecular complexity index is 401. The molecule has 1 atom stereocenters. The lowest BCUT2D eigenvalue weighted by Gasteiger charge is -2.33. The van der Waals surface area contributed by atoms with E-state index in [1.807, 2.05) is 12.1 Å². The molecular weight excluding hydrogens is 226 g/mol. The molecule has 1 aliphatic rings. The summed E-state index contributed by atoms with van der Waals surface area (Å²) < 4.78 is 5.15. The molecule has 1 aliphatic heterocycles. The summed E-state index contributed by atoms with van der Waals surface area (Å²) in [5.74, 6) is 1.09. The maximum atomic E-state index is 11.2. The molecule has 3 heteroatoms. The van der Waals surface area contributed by atoms with E-state index in [4.69, 9.17) is 4.74 Å². The van der Waals surface area contributed by atoms with Crippen LogP contribution in [0.3, 0.4) is 0 Å². The minimum atomic E-state index is 0.192. The highest BCUT2D eigenvalue weighted by molar-refractivity contribution is 5.76. The number of carbonyl (C=O) groups excluding carboxylic acids is 1. The Morgan fingerprint density at radius 1 is 1.33 bits per heavy atom. The molecule has 1 aromatic rings. The highest BCUT2D eigenvalue weighted by Gasteiger charge is 2.29. The number of amides is 1. The largest absolute Gasteiger partial charge is 0.497 e. The molecule has 3 nitrogen and oxygen atoms in total. The van der Waals surface area contributed by atoms with Crippen LogP contribution in [0, 0.1) is 5.41 Å². The van der Waals surface area contributed by atoms with Gasteiger partial charge in [-0.1, -0.05) is 19.1 Å². The van der Waals surface area contributed by atoms with Crippen LogP contribution in [0.2, 0.25) is 0 Å². The molecule has 98 valence electrons. The molecule has 18 heavy (non-hydrogen) atoms. The fourth-order valence-corrected chi connectivity index (χ4v) is 2.36. The number of hydrogen-bond acceptors (Lipinski definition) is 2. The van der Waals surface area contributed by atoms with Crippen molar-refractivity contribution in [3.8, 4) is 5.75 Å². The number of nitrogens with one attached hydrogen (secondary N) is 1. The van der Waals surface area contributed by atoms with Crippen molar-refractivity contribution in [2.45, 2.75) is 32.6 Å². The van der Waals surface area contributed by atoms with Crippen molar-refractivity contribution >= 4 is 5.91 Å². The lowest BCUT2D eigenvalue weighted by atomic mass is 9.78. The lowest BCUT2D eigenvalue weighted by molar-refractivity contribution is -0.124. The summed E-state index contributed by atoms with van der Waals surface area (Å²) in [6.07, 6.45) is 3.82. The Hall–Kier alpha value is -1.51. The number of aryl methyl sites for hydroxylation is 1.